The maximum absolute atomic E-state index is 4.32. The molecule has 19 heavy (non-hydrogen) atoms. The lowest BCUT2D eigenvalue weighted by Crippen LogP contribution is -2.02. The average Bonchev–Trinajstić information content (AvgIpc) is 2.80. The molecule has 1 N–H and O–H groups in total. The molecule has 96 valence electrons. The van der Waals surface area contributed by atoms with E-state index >= 15 is 0 Å². The molecule has 5 heteroatoms. The maximum atomic E-state index is 4.32. The fraction of sp³-hybridized carbons (Fsp3) is 0.214. The maximum Gasteiger partial charge on any atom is 0.256 e. The van der Waals surface area contributed by atoms with Crippen molar-refractivity contribution in [3.63, 3.8) is 0 Å². The standard InChI is InChI=1S/C14H15N5/c1-9-4-5-12(10(2)6-9)17-13-7-11(3)16-14-18-15-8-19(13)14/h4-8,17H,1-3H3. The van der Waals surface area contributed by atoms with Gasteiger partial charge in [0, 0.05) is 17.4 Å². The number of aromatic nitrogens is 4. The van der Waals surface area contributed by atoms with Crippen molar-refractivity contribution in [3.05, 3.63) is 47.4 Å². The summed E-state index contributed by atoms with van der Waals surface area (Å²) >= 11 is 0. The molecular weight excluding hydrogens is 238 g/mol. The van der Waals surface area contributed by atoms with Gasteiger partial charge in [0.1, 0.15) is 12.1 Å². The van der Waals surface area contributed by atoms with Crippen LogP contribution in [-0.4, -0.2) is 19.6 Å². The van der Waals surface area contributed by atoms with Gasteiger partial charge in [-0.3, -0.25) is 4.40 Å². The Hall–Kier alpha value is -2.43. The largest absolute Gasteiger partial charge is 0.341 e. The van der Waals surface area contributed by atoms with E-state index in [1.807, 2.05) is 17.4 Å². The van der Waals surface area contributed by atoms with Gasteiger partial charge in [-0.1, -0.05) is 17.7 Å². The monoisotopic (exact) mass is 253 g/mol. The number of nitrogens with zero attached hydrogens (tertiary/aromatic N) is 4. The molecule has 2 aromatic heterocycles. The Bertz CT molecular complexity index is 745. The van der Waals surface area contributed by atoms with Crippen molar-refractivity contribution < 1.29 is 0 Å². The molecule has 0 aliphatic rings. The number of hydrogen-bond donors (Lipinski definition) is 1. The Morgan fingerprint density at radius 2 is 1.95 bits per heavy atom. The third kappa shape index (κ3) is 2.14. The highest BCUT2D eigenvalue weighted by Gasteiger charge is 2.06. The summed E-state index contributed by atoms with van der Waals surface area (Å²) in [5.74, 6) is 1.52. The predicted molar refractivity (Wildman–Crippen MR) is 74.7 cm³/mol. The van der Waals surface area contributed by atoms with Crippen molar-refractivity contribution in [1.29, 1.82) is 0 Å². The first-order chi connectivity index (χ1) is 9.13. The molecule has 0 unspecified atom stereocenters. The first-order valence-corrected chi connectivity index (χ1v) is 6.15. The van der Waals surface area contributed by atoms with Crippen LogP contribution >= 0.6 is 0 Å². The summed E-state index contributed by atoms with van der Waals surface area (Å²) in [6.45, 7) is 6.12. The van der Waals surface area contributed by atoms with Crippen LogP contribution in [0, 0.1) is 20.8 Å². The molecule has 0 radical (unpaired) electrons. The van der Waals surface area contributed by atoms with Gasteiger partial charge < -0.3 is 5.32 Å². The molecule has 0 saturated heterocycles. The van der Waals surface area contributed by atoms with Gasteiger partial charge in [-0.15, -0.1) is 10.2 Å². The number of fused-ring (bicyclic) bond motifs is 1. The highest BCUT2D eigenvalue weighted by Crippen LogP contribution is 2.22. The molecule has 1 aromatic carbocycles. The molecule has 2 heterocycles. The Kier molecular flexibility index (Phi) is 2.67. The van der Waals surface area contributed by atoms with E-state index < -0.39 is 0 Å². The van der Waals surface area contributed by atoms with Crippen LogP contribution in [-0.2, 0) is 0 Å². The lowest BCUT2D eigenvalue weighted by molar-refractivity contribution is 1.07. The summed E-state index contributed by atoms with van der Waals surface area (Å²) in [5.41, 5.74) is 4.44. The summed E-state index contributed by atoms with van der Waals surface area (Å²) in [6, 6.07) is 8.30. The van der Waals surface area contributed by atoms with Gasteiger partial charge in [-0.2, -0.15) is 0 Å². The number of rotatable bonds is 2. The Morgan fingerprint density at radius 1 is 1.11 bits per heavy atom. The van der Waals surface area contributed by atoms with Crippen LogP contribution in [0.1, 0.15) is 16.8 Å². The molecule has 3 aromatic rings. The number of anilines is 2. The molecule has 0 aliphatic heterocycles. The highest BCUT2D eigenvalue weighted by molar-refractivity contribution is 5.62. The number of hydrogen-bond acceptors (Lipinski definition) is 4. The Labute approximate surface area is 111 Å². The van der Waals surface area contributed by atoms with E-state index in [0.717, 1.165) is 17.2 Å². The molecule has 0 spiro atoms. The molecule has 0 aliphatic carbocycles. The summed E-state index contributed by atoms with van der Waals surface area (Å²) in [7, 11) is 0. The second kappa shape index (κ2) is 4.35. The molecule has 0 fully saturated rings. The van der Waals surface area contributed by atoms with Gasteiger partial charge in [-0.05, 0) is 32.4 Å². The van der Waals surface area contributed by atoms with Crippen molar-refractivity contribution in [2.45, 2.75) is 20.8 Å². The second-order valence-corrected chi connectivity index (χ2v) is 4.73. The summed E-state index contributed by atoms with van der Waals surface area (Å²) in [6.07, 6.45) is 1.66. The molecule has 3 rings (SSSR count). The minimum atomic E-state index is 0.604. The van der Waals surface area contributed by atoms with E-state index in [4.69, 9.17) is 0 Å². The predicted octanol–water partition coefficient (Wildman–Crippen LogP) is 2.79. The van der Waals surface area contributed by atoms with E-state index in [0.29, 0.717) is 5.78 Å². The van der Waals surface area contributed by atoms with Crippen molar-refractivity contribution in [2.24, 2.45) is 0 Å². The number of nitrogens with one attached hydrogen (secondary N) is 1. The van der Waals surface area contributed by atoms with E-state index in [1.165, 1.54) is 11.1 Å². The summed E-state index contributed by atoms with van der Waals surface area (Å²) in [4.78, 5) is 4.32. The van der Waals surface area contributed by atoms with Crippen LogP contribution in [0.5, 0.6) is 0 Å². The Balaban J connectivity index is 2.07. The highest BCUT2D eigenvalue weighted by atomic mass is 15.3. The van der Waals surface area contributed by atoms with E-state index in [9.17, 15) is 0 Å². The molecule has 0 atom stereocenters. The van der Waals surface area contributed by atoms with Crippen molar-refractivity contribution in [2.75, 3.05) is 5.32 Å². The lowest BCUT2D eigenvalue weighted by atomic mass is 10.1. The normalized spacial score (nSPS) is 10.9. The Morgan fingerprint density at radius 3 is 2.74 bits per heavy atom. The lowest BCUT2D eigenvalue weighted by Gasteiger charge is -2.12. The molecular formula is C14H15N5. The van der Waals surface area contributed by atoms with Crippen molar-refractivity contribution >= 4 is 17.3 Å². The topological polar surface area (TPSA) is 55.1 Å². The smallest absolute Gasteiger partial charge is 0.256 e. The van der Waals surface area contributed by atoms with Gasteiger partial charge in [0.2, 0.25) is 0 Å². The zero-order valence-corrected chi connectivity index (χ0v) is 11.2. The van der Waals surface area contributed by atoms with Crippen LogP contribution in [0.15, 0.2) is 30.6 Å². The summed E-state index contributed by atoms with van der Waals surface area (Å²) < 4.78 is 1.84. The van der Waals surface area contributed by atoms with E-state index in [-0.39, 0.29) is 0 Å². The minimum absolute atomic E-state index is 0.604. The average molecular weight is 253 g/mol. The van der Waals surface area contributed by atoms with Crippen LogP contribution < -0.4 is 5.32 Å². The van der Waals surface area contributed by atoms with Crippen molar-refractivity contribution in [1.82, 2.24) is 19.6 Å². The quantitative estimate of drug-likeness (QED) is 0.763. The number of benzene rings is 1. The number of aryl methyl sites for hydroxylation is 3. The first-order valence-electron chi connectivity index (χ1n) is 6.15. The van der Waals surface area contributed by atoms with Crippen LogP contribution in [0.4, 0.5) is 11.5 Å². The molecule has 0 saturated carbocycles. The van der Waals surface area contributed by atoms with E-state index in [2.05, 4.69) is 52.5 Å². The third-order valence-electron chi connectivity index (χ3n) is 3.06. The zero-order valence-electron chi connectivity index (χ0n) is 11.2. The van der Waals surface area contributed by atoms with Crippen LogP contribution in [0.2, 0.25) is 0 Å². The summed E-state index contributed by atoms with van der Waals surface area (Å²) in [5, 5.41) is 11.3. The SMILES string of the molecule is Cc1ccc(Nc2cc(C)nc3nncn23)c(C)c1. The van der Waals surface area contributed by atoms with Gasteiger partial charge in [0.25, 0.3) is 5.78 Å². The third-order valence-corrected chi connectivity index (χ3v) is 3.06. The second-order valence-electron chi connectivity index (χ2n) is 4.73. The van der Waals surface area contributed by atoms with Crippen molar-refractivity contribution in [3.8, 4) is 0 Å². The molecule has 0 bridgehead atoms. The van der Waals surface area contributed by atoms with Crippen LogP contribution in [0.25, 0.3) is 5.78 Å². The van der Waals surface area contributed by atoms with Gasteiger partial charge in [0.15, 0.2) is 0 Å². The fourth-order valence-electron chi connectivity index (χ4n) is 2.12. The van der Waals surface area contributed by atoms with Crippen LogP contribution in [0.3, 0.4) is 0 Å². The van der Waals surface area contributed by atoms with Gasteiger partial charge in [0.05, 0.1) is 0 Å². The first kappa shape index (κ1) is 11.6. The minimum Gasteiger partial charge on any atom is -0.341 e. The molecule has 0 amide bonds. The van der Waals surface area contributed by atoms with E-state index in [1.54, 1.807) is 6.33 Å². The fourth-order valence-corrected chi connectivity index (χ4v) is 2.12. The van der Waals surface area contributed by atoms with Gasteiger partial charge in [-0.25, -0.2) is 4.98 Å². The van der Waals surface area contributed by atoms with Gasteiger partial charge >= 0.3 is 0 Å². The zero-order chi connectivity index (χ0) is 13.4. The molecule has 5 nitrogen and oxygen atoms in total.